The number of halogens is 2. The smallest absolute Gasteiger partial charge is 0.305 e. The van der Waals surface area contributed by atoms with Gasteiger partial charge in [-0.2, -0.15) is 8.78 Å². The van der Waals surface area contributed by atoms with Crippen molar-refractivity contribution in [3.05, 3.63) is 11.6 Å². The Balaban J connectivity index is 2.34. The summed E-state index contributed by atoms with van der Waals surface area (Å²) in [7, 11) is 0. The molecule has 1 aromatic heterocycles. The van der Waals surface area contributed by atoms with Gasteiger partial charge in [0.2, 0.25) is 5.82 Å². The summed E-state index contributed by atoms with van der Waals surface area (Å²) in [4.78, 5) is 0. The number of aryl methyl sites for hydroxylation is 1. The molecule has 0 saturated carbocycles. The van der Waals surface area contributed by atoms with Gasteiger partial charge in [0.25, 0.3) is 0 Å². The van der Waals surface area contributed by atoms with Crippen molar-refractivity contribution in [2.75, 3.05) is 18.1 Å². The van der Waals surface area contributed by atoms with Crippen LogP contribution in [0.1, 0.15) is 37.8 Å². The molecule has 16 heavy (non-hydrogen) atoms. The van der Waals surface area contributed by atoms with E-state index in [9.17, 15) is 8.78 Å². The zero-order valence-electron chi connectivity index (χ0n) is 9.58. The first kappa shape index (κ1) is 11.3. The summed E-state index contributed by atoms with van der Waals surface area (Å²) in [5.41, 5.74) is 0. The maximum Gasteiger partial charge on any atom is 0.305 e. The molecular weight excluding hydrogens is 214 g/mol. The van der Waals surface area contributed by atoms with Crippen molar-refractivity contribution in [3.63, 3.8) is 0 Å². The molecule has 0 unspecified atom stereocenters. The highest BCUT2D eigenvalue weighted by Crippen LogP contribution is 2.26. The summed E-state index contributed by atoms with van der Waals surface area (Å²) in [6.07, 6.45) is 3.23. The number of aromatic nitrogens is 3. The molecule has 0 aliphatic carbocycles. The largest absolute Gasteiger partial charge is 0.310 e. The topological polar surface area (TPSA) is 34.0 Å². The maximum atomic E-state index is 13.3. The van der Waals surface area contributed by atoms with Crippen molar-refractivity contribution in [1.29, 1.82) is 0 Å². The highest BCUT2D eigenvalue weighted by atomic mass is 19.3. The van der Waals surface area contributed by atoms with Gasteiger partial charge in [-0.1, -0.05) is 0 Å². The molecule has 6 heteroatoms. The van der Waals surface area contributed by atoms with Crippen LogP contribution in [0.15, 0.2) is 0 Å². The van der Waals surface area contributed by atoms with Gasteiger partial charge in [0.1, 0.15) is 5.82 Å². The normalized spacial score (nSPS) is 17.9. The van der Waals surface area contributed by atoms with Crippen LogP contribution in [-0.2, 0) is 5.92 Å². The highest BCUT2D eigenvalue weighted by Gasteiger charge is 2.34. The van der Waals surface area contributed by atoms with Crippen molar-refractivity contribution in [3.8, 4) is 0 Å². The summed E-state index contributed by atoms with van der Waals surface area (Å²) < 4.78 is 28.1. The standard InChI is InChI=1S/C10H16F2N4/c1-8-13-14-9(10(2,11)12)16(8)15-6-4-3-5-7-15/h3-7H2,1-2H3. The second-order valence-electron chi connectivity index (χ2n) is 4.29. The minimum Gasteiger partial charge on any atom is -0.310 e. The average Bonchev–Trinajstić information content (AvgIpc) is 2.61. The maximum absolute atomic E-state index is 13.3. The van der Waals surface area contributed by atoms with Crippen LogP contribution < -0.4 is 5.01 Å². The minimum atomic E-state index is -2.95. The monoisotopic (exact) mass is 230 g/mol. The van der Waals surface area contributed by atoms with Crippen molar-refractivity contribution in [2.45, 2.75) is 39.0 Å². The fourth-order valence-corrected chi connectivity index (χ4v) is 2.05. The van der Waals surface area contributed by atoms with E-state index in [-0.39, 0.29) is 5.82 Å². The number of hydrogen-bond acceptors (Lipinski definition) is 3. The van der Waals surface area contributed by atoms with E-state index < -0.39 is 5.92 Å². The summed E-state index contributed by atoms with van der Waals surface area (Å²) in [6.45, 7) is 4.15. The Morgan fingerprint density at radius 1 is 1.12 bits per heavy atom. The van der Waals surface area contributed by atoms with Gasteiger partial charge in [-0.3, -0.25) is 0 Å². The molecule has 4 nitrogen and oxygen atoms in total. The zero-order chi connectivity index (χ0) is 11.8. The van der Waals surface area contributed by atoms with Crippen molar-refractivity contribution in [1.82, 2.24) is 14.9 Å². The Kier molecular flexibility index (Phi) is 2.82. The predicted molar refractivity (Wildman–Crippen MR) is 56.1 cm³/mol. The Morgan fingerprint density at radius 3 is 2.31 bits per heavy atom. The Hall–Kier alpha value is -1.20. The Bertz CT molecular complexity index is 363. The van der Waals surface area contributed by atoms with E-state index in [1.807, 2.05) is 5.01 Å². The van der Waals surface area contributed by atoms with E-state index in [0.717, 1.165) is 39.3 Å². The second kappa shape index (κ2) is 3.99. The van der Waals surface area contributed by atoms with Crippen molar-refractivity contribution >= 4 is 0 Å². The lowest BCUT2D eigenvalue weighted by atomic mass is 10.2. The summed E-state index contributed by atoms with van der Waals surface area (Å²) in [6, 6.07) is 0. The van der Waals surface area contributed by atoms with Gasteiger partial charge in [0.05, 0.1) is 0 Å². The van der Waals surface area contributed by atoms with E-state index in [1.54, 1.807) is 6.92 Å². The number of nitrogens with zero attached hydrogens (tertiary/aromatic N) is 4. The Labute approximate surface area is 93.2 Å². The molecule has 1 aliphatic rings. The molecule has 0 aromatic carbocycles. The number of rotatable bonds is 2. The highest BCUT2D eigenvalue weighted by molar-refractivity contribution is 5.06. The molecule has 0 radical (unpaired) electrons. The summed E-state index contributed by atoms with van der Waals surface area (Å²) in [5.74, 6) is -2.68. The van der Waals surface area contributed by atoms with E-state index in [1.165, 1.54) is 4.68 Å². The van der Waals surface area contributed by atoms with E-state index in [4.69, 9.17) is 0 Å². The van der Waals surface area contributed by atoms with Crippen LogP contribution in [0.2, 0.25) is 0 Å². The van der Waals surface area contributed by atoms with Gasteiger partial charge in [-0.15, -0.1) is 10.2 Å². The number of hydrogen-bond donors (Lipinski definition) is 0. The quantitative estimate of drug-likeness (QED) is 0.777. The van der Waals surface area contributed by atoms with Gasteiger partial charge in [-0.05, 0) is 26.2 Å². The van der Waals surface area contributed by atoms with Crippen LogP contribution in [0.3, 0.4) is 0 Å². The summed E-state index contributed by atoms with van der Waals surface area (Å²) in [5, 5.41) is 9.24. The fraction of sp³-hybridized carbons (Fsp3) is 0.800. The van der Waals surface area contributed by atoms with Crippen molar-refractivity contribution in [2.24, 2.45) is 0 Å². The van der Waals surface area contributed by atoms with Gasteiger partial charge in [-0.25, -0.2) is 4.68 Å². The van der Waals surface area contributed by atoms with E-state index in [0.29, 0.717) is 5.82 Å². The molecule has 1 saturated heterocycles. The molecule has 0 spiro atoms. The van der Waals surface area contributed by atoms with Crippen LogP contribution in [0.5, 0.6) is 0 Å². The first-order valence-electron chi connectivity index (χ1n) is 5.55. The molecule has 0 N–H and O–H groups in total. The third-order valence-electron chi connectivity index (χ3n) is 2.80. The van der Waals surface area contributed by atoms with Crippen molar-refractivity contribution < 1.29 is 8.78 Å². The average molecular weight is 230 g/mol. The van der Waals surface area contributed by atoms with Gasteiger partial charge >= 0.3 is 5.92 Å². The lowest BCUT2D eigenvalue weighted by Crippen LogP contribution is -2.42. The SMILES string of the molecule is Cc1nnc(C(C)(F)F)n1N1CCCCC1. The Morgan fingerprint density at radius 2 is 1.75 bits per heavy atom. The van der Waals surface area contributed by atoms with Crippen LogP contribution >= 0.6 is 0 Å². The second-order valence-corrected chi connectivity index (χ2v) is 4.29. The molecule has 1 aliphatic heterocycles. The molecule has 1 aromatic rings. The van der Waals surface area contributed by atoms with Crippen LogP contribution in [0.25, 0.3) is 0 Å². The van der Waals surface area contributed by atoms with E-state index >= 15 is 0 Å². The van der Waals surface area contributed by atoms with Gasteiger partial charge < -0.3 is 5.01 Å². The lowest BCUT2D eigenvalue weighted by molar-refractivity contribution is 0.00309. The molecular formula is C10H16F2N4. The predicted octanol–water partition coefficient (Wildman–Crippen LogP) is 1.82. The van der Waals surface area contributed by atoms with Gasteiger partial charge in [0, 0.05) is 20.0 Å². The third-order valence-corrected chi connectivity index (χ3v) is 2.80. The minimum absolute atomic E-state index is 0.257. The molecule has 0 atom stereocenters. The first-order chi connectivity index (χ1) is 7.50. The molecule has 0 bridgehead atoms. The van der Waals surface area contributed by atoms with Crippen LogP contribution in [0.4, 0.5) is 8.78 Å². The van der Waals surface area contributed by atoms with Crippen LogP contribution in [0, 0.1) is 6.92 Å². The molecule has 2 rings (SSSR count). The molecule has 90 valence electrons. The molecule has 1 fully saturated rings. The summed E-state index contributed by atoms with van der Waals surface area (Å²) >= 11 is 0. The van der Waals surface area contributed by atoms with Crippen LogP contribution in [-0.4, -0.2) is 28.0 Å². The molecule has 0 amide bonds. The number of alkyl halides is 2. The third kappa shape index (κ3) is 2.01. The molecule has 2 heterocycles. The fourth-order valence-electron chi connectivity index (χ4n) is 2.05. The lowest BCUT2D eigenvalue weighted by Gasteiger charge is -2.31. The zero-order valence-corrected chi connectivity index (χ0v) is 9.58. The number of piperidine rings is 1. The van der Waals surface area contributed by atoms with Gasteiger partial charge in [0.15, 0.2) is 0 Å². The first-order valence-corrected chi connectivity index (χ1v) is 5.55. The van der Waals surface area contributed by atoms with E-state index in [2.05, 4.69) is 10.2 Å².